The third kappa shape index (κ3) is 6.69. The van der Waals surface area contributed by atoms with E-state index in [9.17, 15) is 14.7 Å². The van der Waals surface area contributed by atoms with Crippen molar-refractivity contribution in [1.29, 1.82) is 0 Å². The smallest absolute Gasteiger partial charge is 0.264 e. The van der Waals surface area contributed by atoms with Crippen LogP contribution in [0.4, 0.5) is 15.5 Å². The number of ether oxygens (including phenoxy) is 1. The minimum atomic E-state index is -3.39. The van der Waals surface area contributed by atoms with Gasteiger partial charge in [-0.05, 0) is 73.1 Å². The van der Waals surface area contributed by atoms with E-state index in [-0.39, 0.29) is 30.9 Å². The van der Waals surface area contributed by atoms with Crippen molar-refractivity contribution in [2.75, 3.05) is 16.8 Å². The Kier molecular flexibility index (Phi) is 9.88. The van der Waals surface area contributed by atoms with Crippen LogP contribution in [0.5, 0.6) is 0 Å². The molecule has 9 nitrogen and oxygen atoms in total. The molecular weight excluding hydrogens is 697 g/mol. The number of aliphatic hydroxyl groups excluding tert-OH is 1. The lowest BCUT2D eigenvalue weighted by molar-refractivity contribution is -0.146. The van der Waals surface area contributed by atoms with E-state index in [1.165, 1.54) is 0 Å². The van der Waals surface area contributed by atoms with Gasteiger partial charge < -0.3 is 24.2 Å². The second kappa shape index (κ2) is 14.4. The second-order valence-electron chi connectivity index (χ2n) is 14.2. The molecule has 2 N–H and O–H groups in total. The van der Waals surface area contributed by atoms with Gasteiger partial charge in [0.25, 0.3) is 11.8 Å². The van der Waals surface area contributed by atoms with Crippen molar-refractivity contribution < 1.29 is 23.5 Å². The quantitative estimate of drug-likeness (QED) is 0.106. The van der Waals surface area contributed by atoms with Gasteiger partial charge in [-0.1, -0.05) is 84.4 Å². The molecule has 2 aliphatic rings. The predicted molar refractivity (Wildman–Crippen MR) is 202 cm³/mol. The summed E-state index contributed by atoms with van der Waals surface area (Å²) >= 11 is 6.56. The van der Waals surface area contributed by atoms with E-state index >= 15 is 4.11 Å². The van der Waals surface area contributed by atoms with Gasteiger partial charge in [0.15, 0.2) is 5.60 Å². The molecule has 2 amide bonds. The normalized spacial score (nSPS) is 21.8. The lowest BCUT2D eigenvalue weighted by Gasteiger charge is -2.31. The van der Waals surface area contributed by atoms with Crippen LogP contribution in [0.1, 0.15) is 52.0 Å². The van der Waals surface area contributed by atoms with Gasteiger partial charge >= 0.3 is 0 Å². The highest BCUT2D eigenvalue weighted by Gasteiger charge is 2.66. The highest BCUT2D eigenvalue weighted by Crippen LogP contribution is 2.60. The molecule has 0 saturated carbocycles. The van der Waals surface area contributed by atoms with Gasteiger partial charge in [-0.25, -0.2) is 0 Å². The van der Waals surface area contributed by atoms with E-state index in [0.29, 0.717) is 46.2 Å². The Morgan fingerprint density at radius 1 is 1.04 bits per heavy atom. The van der Waals surface area contributed by atoms with Crippen LogP contribution >= 0.6 is 11.6 Å². The molecule has 0 aliphatic carbocycles. The molecule has 1 unspecified atom stereocenters. The summed E-state index contributed by atoms with van der Waals surface area (Å²) in [5.41, 5.74) is 3.02. The van der Waals surface area contributed by atoms with Crippen molar-refractivity contribution in [1.82, 2.24) is 15.0 Å². The van der Waals surface area contributed by atoms with Crippen LogP contribution in [-0.4, -0.2) is 53.0 Å². The maximum atomic E-state index is 16.4. The predicted octanol–water partition coefficient (Wildman–Crippen LogP) is 7.72. The van der Waals surface area contributed by atoms with Crippen molar-refractivity contribution in [2.24, 2.45) is 5.92 Å². The first-order valence-electron chi connectivity index (χ1n) is 17.5. The van der Waals surface area contributed by atoms with E-state index in [1.54, 1.807) is 46.9 Å². The molecule has 1 fully saturated rings. The van der Waals surface area contributed by atoms with Gasteiger partial charge in [-0.15, -0.1) is 5.10 Å². The van der Waals surface area contributed by atoms with E-state index < -0.39 is 31.6 Å². The number of amides is 2. The summed E-state index contributed by atoms with van der Waals surface area (Å²) in [5, 5.41) is 22.2. The lowest BCUT2D eigenvalue weighted by Crippen LogP contribution is -2.45. The van der Waals surface area contributed by atoms with E-state index in [2.05, 4.69) is 15.6 Å². The largest absolute Gasteiger partial charge is 0.395 e. The molecule has 3 heterocycles. The molecule has 7 rings (SSSR count). The van der Waals surface area contributed by atoms with Gasteiger partial charge in [-0.2, -0.15) is 0 Å². The Labute approximate surface area is 308 Å². The number of carbonyl (C=O) groups excluding carboxylic acids is 2. The first kappa shape index (κ1) is 35.7. The molecule has 0 radical (unpaired) electrons. The number of anilines is 2. The van der Waals surface area contributed by atoms with Crippen molar-refractivity contribution in [3.8, 4) is 0 Å². The van der Waals surface area contributed by atoms with Crippen LogP contribution in [0.15, 0.2) is 109 Å². The Bertz CT molecular complexity index is 2060. The fourth-order valence-electron chi connectivity index (χ4n) is 8.01. The topological polar surface area (TPSA) is 110 Å². The summed E-state index contributed by atoms with van der Waals surface area (Å²) in [6, 6.07) is 31.4. The number of aromatic nitrogens is 3. The van der Waals surface area contributed by atoms with E-state index in [1.807, 2.05) is 92.0 Å². The van der Waals surface area contributed by atoms with Crippen LogP contribution < -0.4 is 10.2 Å². The number of fused-ring (bicyclic) bond motifs is 2. The van der Waals surface area contributed by atoms with Crippen molar-refractivity contribution >= 4 is 43.2 Å². The maximum absolute atomic E-state index is 16.4. The summed E-state index contributed by atoms with van der Waals surface area (Å²) in [7, 11) is -3.39. The minimum Gasteiger partial charge on any atom is -0.395 e. The number of aliphatic hydroxyl groups is 1. The van der Waals surface area contributed by atoms with Crippen molar-refractivity contribution in [2.45, 2.75) is 62.7 Å². The number of hydrogen-bond donors (Lipinski definition) is 2. The van der Waals surface area contributed by atoms with Gasteiger partial charge in [0.1, 0.15) is 0 Å². The zero-order valence-corrected chi connectivity index (χ0v) is 31.0. The fraction of sp³-hybridized carbons (Fsp3) is 0.300. The summed E-state index contributed by atoms with van der Waals surface area (Å²) in [5.74, 6) is -1.25. The summed E-state index contributed by atoms with van der Waals surface area (Å²) in [6.07, 6.45) is 1.65. The average molecular weight is 738 g/mol. The third-order valence-electron chi connectivity index (χ3n) is 10.5. The number of halogens is 2. The molecule has 1 aromatic heterocycles. The van der Waals surface area contributed by atoms with E-state index in [0.717, 1.165) is 11.1 Å². The van der Waals surface area contributed by atoms with Gasteiger partial charge in [-0.3, -0.25) is 14.3 Å². The van der Waals surface area contributed by atoms with Crippen LogP contribution in [0.2, 0.25) is 23.7 Å². The standard InChI is InChI=1S/C40H41ClFN5O4Si/c1-26-37(52(2,3)42)36(20-21-46-24-34(44-45-46)32(25-48)28-10-6-4-7-11-28)51-40(26)33-22-30(41)16-19-35(33)47(39(40)50)23-27-14-17-31(18-15-27)43-38(49)29-12-8-5-9-13-29/h4-19,22,24,26,32,36-37,48H,20-21,23,25H2,1-3H3,(H,43,49)/t26-,32?,36+,37-,40+/m1/s1. The Hall–Kier alpha value is -4.68. The Balaban J connectivity index is 1.13. The zero-order valence-electron chi connectivity index (χ0n) is 29.2. The molecule has 0 bridgehead atoms. The molecule has 5 aromatic rings. The van der Waals surface area contributed by atoms with Crippen molar-refractivity contribution in [3.05, 3.63) is 142 Å². The molecule has 1 saturated heterocycles. The number of benzene rings is 4. The number of rotatable bonds is 11. The molecule has 4 aromatic carbocycles. The number of nitrogens with zero attached hydrogens (tertiary/aromatic N) is 4. The first-order chi connectivity index (χ1) is 25.0. The highest BCUT2D eigenvalue weighted by atomic mass is 35.5. The monoisotopic (exact) mass is 737 g/mol. The summed E-state index contributed by atoms with van der Waals surface area (Å²) in [4.78, 5) is 29.1. The molecular formula is C40H41ClFN5O4Si. The summed E-state index contributed by atoms with van der Waals surface area (Å²) in [6.45, 7) is 5.80. The molecule has 268 valence electrons. The highest BCUT2D eigenvalue weighted by molar-refractivity contribution is 6.72. The number of nitrogens with one attached hydrogen (secondary N) is 1. The van der Waals surface area contributed by atoms with Crippen LogP contribution in [-0.2, 0) is 28.2 Å². The molecule has 2 aliphatic heterocycles. The maximum Gasteiger partial charge on any atom is 0.264 e. The lowest BCUT2D eigenvalue weighted by atomic mass is 9.82. The Morgan fingerprint density at radius 3 is 2.40 bits per heavy atom. The fourth-order valence-corrected chi connectivity index (χ4v) is 10.7. The van der Waals surface area contributed by atoms with Crippen LogP contribution in [0.25, 0.3) is 0 Å². The van der Waals surface area contributed by atoms with Gasteiger partial charge in [0.2, 0.25) is 8.41 Å². The number of aryl methyl sites for hydroxylation is 1. The van der Waals surface area contributed by atoms with Crippen molar-refractivity contribution in [3.63, 3.8) is 0 Å². The number of hydrogen-bond acceptors (Lipinski definition) is 6. The molecule has 1 spiro atoms. The second-order valence-corrected chi connectivity index (χ2v) is 18.4. The zero-order chi connectivity index (χ0) is 36.6. The molecule has 52 heavy (non-hydrogen) atoms. The third-order valence-corrected chi connectivity index (χ3v) is 13.1. The Morgan fingerprint density at radius 2 is 1.73 bits per heavy atom. The average Bonchev–Trinajstić information content (AvgIpc) is 3.79. The van der Waals surface area contributed by atoms with Crippen LogP contribution in [0, 0.1) is 5.92 Å². The van der Waals surface area contributed by atoms with E-state index in [4.69, 9.17) is 16.3 Å². The van der Waals surface area contributed by atoms with Gasteiger partial charge in [0.05, 0.1) is 36.6 Å². The summed E-state index contributed by atoms with van der Waals surface area (Å²) < 4.78 is 25.0. The van der Waals surface area contributed by atoms with Gasteiger partial charge in [0, 0.05) is 46.0 Å². The SMILES string of the molecule is C[C@@H]1[C@@H]([Si](C)(C)F)[C@H](CCn2cc(C(CO)c3ccccc3)nn2)O[C@@]12C(=O)N(Cc1ccc(NC(=O)c3ccccc3)cc1)c1ccc(Cl)cc12. The van der Waals surface area contributed by atoms with Crippen LogP contribution in [0.3, 0.4) is 0 Å². The molecule has 5 atom stereocenters. The molecule has 12 heteroatoms. The first-order valence-corrected chi connectivity index (χ1v) is 20.8. The minimum absolute atomic E-state index is 0.117. The number of carbonyl (C=O) groups is 2.